The summed E-state index contributed by atoms with van der Waals surface area (Å²) in [5.41, 5.74) is 0.771. The van der Waals surface area contributed by atoms with Crippen LogP contribution in [0.4, 0.5) is 0 Å². The molecule has 0 aromatic heterocycles. The monoisotopic (exact) mass is 314 g/mol. The number of aliphatic carboxylic acids is 1. The molecule has 0 saturated heterocycles. The molecule has 0 aliphatic heterocycles. The van der Waals surface area contributed by atoms with Crippen molar-refractivity contribution in [2.24, 2.45) is 0 Å². The van der Waals surface area contributed by atoms with Gasteiger partial charge in [-0.15, -0.1) is 0 Å². The van der Waals surface area contributed by atoms with Crippen LogP contribution in [0.25, 0.3) is 0 Å². The predicted molar refractivity (Wildman–Crippen MR) is 80.5 cm³/mol. The van der Waals surface area contributed by atoms with E-state index in [1.54, 1.807) is 23.1 Å². The van der Waals surface area contributed by atoms with Gasteiger partial charge >= 0.3 is 5.97 Å². The third-order valence-electron chi connectivity index (χ3n) is 3.13. The predicted octanol–water partition coefficient (Wildman–Crippen LogP) is 1.23. The highest BCUT2D eigenvalue weighted by molar-refractivity contribution is 7.89. The van der Waals surface area contributed by atoms with Crippen LogP contribution in [-0.2, 0) is 21.4 Å². The lowest BCUT2D eigenvalue weighted by atomic mass is 10.2. The molecule has 0 unspecified atom stereocenters. The molecule has 118 valence electrons. The van der Waals surface area contributed by atoms with E-state index in [4.69, 9.17) is 5.11 Å². The van der Waals surface area contributed by atoms with Gasteiger partial charge < -0.3 is 5.11 Å². The Labute approximate surface area is 126 Å². The Morgan fingerprint density at radius 1 is 1.29 bits per heavy atom. The summed E-state index contributed by atoms with van der Waals surface area (Å²) < 4.78 is 25.4. The topological polar surface area (TPSA) is 77.9 Å². The third-order valence-corrected chi connectivity index (χ3v) is 4.94. The molecular formula is C14H22N2O4S. The minimum absolute atomic E-state index is 0.0511. The number of carboxylic acid groups (broad SMARTS) is 1. The van der Waals surface area contributed by atoms with Gasteiger partial charge in [0.15, 0.2) is 0 Å². The number of carboxylic acids is 1. The molecule has 0 spiro atoms. The lowest BCUT2D eigenvalue weighted by Gasteiger charge is -2.24. The number of sulfonamides is 1. The van der Waals surface area contributed by atoms with E-state index in [9.17, 15) is 13.2 Å². The number of hydrogen-bond donors (Lipinski definition) is 1. The van der Waals surface area contributed by atoms with E-state index < -0.39 is 16.0 Å². The Kier molecular flexibility index (Phi) is 5.88. The SMILES string of the molecule is CC(C)N(CC(=O)O)Cc1cccc(S(=O)(=O)N(C)C)c1. The van der Waals surface area contributed by atoms with Gasteiger partial charge in [-0.1, -0.05) is 12.1 Å². The maximum absolute atomic E-state index is 12.1. The summed E-state index contributed by atoms with van der Waals surface area (Å²) in [6.45, 7) is 4.12. The zero-order valence-electron chi connectivity index (χ0n) is 12.8. The smallest absolute Gasteiger partial charge is 0.317 e. The van der Waals surface area contributed by atoms with Crippen molar-refractivity contribution in [1.29, 1.82) is 0 Å². The summed E-state index contributed by atoms with van der Waals surface area (Å²) in [5, 5.41) is 8.92. The molecule has 0 radical (unpaired) electrons. The first kappa shape index (κ1) is 17.6. The standard InChI is InChI=1S/C14H22N2O4S/c1-11(2)16(10-14(17)18)9-12-6-5-7-13(8-12)21(19,20)15(3)4/h5-8,11H,9-10H2,1-4H3,(H,17,18). The number of benzene rings is 1. The molecule has 1 aromatic carbocycles. The average Bonchev–Trinajstić information content (AvgIpc) is 2.37. The maximum atomic E-state index is 12.1. The molecule has 1 N–H and O–H groups in total. The minimum Gasteiger partial charge on any atom is -0.480 e. The molecule has 1 aromatic rings. The fourth-order valence-electron chi connectivity index (χ4n) is 1.84. The van der Waals surface area contributed by atoms with Crippen LogP contribution in [0.1, 0.15) is 19.4 Å². The third kappa shape index (κ3) is 4.80. The molecule has 0 amide bonds. The molecule has 1 rings (SSSR count). The minimum atomic E-state index is -3.48. The van der Waals surface area contributed by atoms with Gasteiger partial charge in [0, 0.05) is 26.7 Å². The van der Waals surface area contributed by atoms with Crippen molar-refractivity contribution in [3.63, 3.8) is 0 Å². The van der Waals surface area contributed by atoms with Crippen LogP contribution in [0, 0.1) is 0 Å². The van der Waals surface area contributed by atoms with Crippen molar-refractivity contribution in [2.75, 3.05) is 20.6 Å². The van der Waals surface area contributed by atoms with E-state index in [1.165, 1.54) is 20.2 Å². The fourth-order valence-corrected chi connectivity index (χ4v) is 2.82. The van der Waals surface area contributed by atoms with Crippen molar-refractivity contribution >= 4 is 16.0 Å². The zero-order chi connectivity index (χ0) is 16.2. The molecule has 0 aliphatic rings. The highest BCUT2D eigenvalue weighted by atomic mass is 32.2. The largest absolute Gasteiger partial charge is 0.480 e. The second-order valence-corrected chi connectivity index (χ2v) is 7.48. The summed E-state index contributed by atoms with van der Waals surface area (Å²) in [6.07, 6.45) is 0. The maximum Gasteiger partial charge on any atom is 0.317 e. The highest BCUT2D eigenvalue weighted by Crippen LogP contribution is 2.16. The van der Waals surface area contributed by atoms with Crippen LogP contribution in [-0.4, -0.2) is 55.4 Å². The van der Waals surface area contributed by atoms with E-state index in [-0.39, 0.29) is 17.5 Å². The number of carbonyl (C=O) groups is 1. The average molecular weight is 314 g/mol. The van der Waals surface area contributed by atoms with Gasteiger partial charge in [0.2, 0.25) is 10.0 Å². The molecule has 6 nitrogen and oxygen atoms in total. The Hall–Kier alpha value is -1.44. The Morgan fingerprint density at radius 2 is 1.90 bits per heavy atom. The summed E-state index contributed by atoms with van der Waals surface area (Å²) in [4.78, 5) is 12.9. The molecule has 21 heavy (non-hydrogen) atoms. The lowest BCUT2D eigenvalue weighted by molar-refractivity contribution is -0.138. The Bertz CT molecular complexity index is 597. The van der Waals surface area contributed by atoms with Crippen LogP contribution >= 0.6 is 0 Å². The first-order chi connectivity index (χ1) is 9.64. The molecular weight excluding hydrogens is 292 g/mol. The normalized spacial score (nSPS) is 12.3. The highest BCUT2D eigenvalue weighted by Gasteiger charge is 2.19. The van der Waals surface area contributed by atoms with Crippen LogP contribution in [0.5, 0.6) is 0 Å². The lowest BCUT2D eigenvalue weighted by Crippen LogP contribution is -2.35. The van der Waals surface area contributed by atoms with Crippen LogP contribution < -0.4 is 0 Å². The van der Waals surface area contributed by atoms with E-state index in [1.807, 2.05) is 13.8 Å². The first-order valence-corrected chi connectivity index (χ1v) is 8.06. The van der Waals surface area contributed by atoms with Gasteiger partial charge in [0.05, 0.1) is 11.4 Å². The zero-order valence-corrected chi connectivity index (χ0v) is 13.6. The van der Waals surface area contributed by atoms with Gasteiger partial charge in [-0.05, 0) is 31.5 Å². The summed E-state index contributed by atoms with van der Waals surface area (Å²) in [5.74, 6) is -0.902. The molecule has 0 fully saturated rings. The van der Waals surface area contributed by atoms with Gasteiger partial charge in [0.25, 0.3) is 0 Å². The van der Waals surface area contributed by atoms with E-state index in [0.717, 1.165) is 9.87 Å². The quantitative estimate of drug-likeness (QED) is 0.819. The van der Waals surface area contributed by atoms with Gasteiger partial charge in [0.1, 0.15) is 0 Å². The fraction of sp³-hybridized carbons (Fsp3) is 0.500. The van der Waals surface area contributed by atoms with E-state index in [2.05, 4.69) is 0 Å². The van der Waals surface area contributed by atoms with Crippen molar-refractivity contribution in [3.8, 4) is 0 Å². The first-order valence-electron chi connectivity index (χ1n) is 6.62. The molecule has 0 bridgehead atoms. The number of nitrogens with zero attached hydrogens (tertiary/aromatic N) is 2. The van der Waals surface area contributed by atoms with E-state index in [0.29, 0.717) is 6.54 Å². The molecule has 0 atom stereocenters. The van der Waals surface area contributed by atoms with Crippen molar-refractivity contribution in [2.45, 2.75) is 31.3 Å². The van der Waals surface area contributed by atoms with Gasteiger partial charge in [-0.3, -0.25) is 9.69 Å². The van der Waals surface area contributed by atoms with Crippen molar-refractivity contribution in [1.82, 2.24) is 9.21 Å². The van der Waals surface area contributed by atoms with Crippen molar-refractivity contribution < 1.29 is 18.3 Å². The molecule has 7 heteroatoms. The second-order valence-electron chi connectivity index (χ2n) is 5.33. The van der Waals surface area contributed by atoms with Crippen LogP contribution in [0.15, 0.2) is 29.2 Å². The molecule has 0 aliphatic carbocycles. The summed E-state index contributed by atoms with van der Waals surface area (Å²) in [6, 6.07) is 6.65. The van der Waals surface area contributed by atoms with Gasteiger partial charge in [-0.2, -0.15) is 0 Å². The van der Waals surface area contributed by atoms with Crippen LogP contribution in [0.2, 0.25) is 0 Å². The summed E-state index contributed by atoms with van der Waals surface area (Å²) in [7, 11) is -0.522. The van der Waals surface area contributed by atoms with Crippen LogP contribution in [0.3, 0.4) is 0 Å². The molecule has 0 heterocycles. The number of rotatable bonds is 7. The molecule has 0 saturated carbocycles. The summed E-state index contributed by atoms with van der Waals surface area (Å²) >= 11 is 0. The van der Waals surface area contributed by atoms with Crippen molar-refractivity contribution in [3.05, 3.63) is 29.8 Å². The van der Waals surface area contributed by atoms with Gasteiger partial charge in [-0.25, -0.2) is 12.7 Å². The Morgan fingerprint density at radius 3 is 2.38 bits per heavy atom. The Balaban J connectivity index is 3.02. The second kappa shape index (κ2) is 7.02. The number of hydrogen-bond acceptors (Lipinski definition) is 4. The van der Waals surface area contributed by atoms with E-state index >= 15 is 0 Å².